The van der Waals surface area contributed by atoms with Crippen LogP contribution in [0.3, 0.4) is 0 Å². The van der Waals surface area contributed by atoms with E-state index in [-0.39, 0.29) is 0 Å². The first-order valence-corrected chi connectivity index (χ1v) is 4.81. The van der Waals surface area contributed by atoms with E-state index in [4.69, 9.17) is 0 Å². The molecule has 0 fully saturated rings. The van der Waals surface area contributed by atoms with Crippen LogP contribution in [0.4, 0.5) is 14.5 Å². The molecule has 2 rings (SSSR count). The van der Waals surface area contributed by atoms with Crippen molar-refractivity contribution in [1.82, 2.24) is 10.2 Å². The molecule has 0 unspecified atom stereocenters. The van der Waals surface area contributed by atoms with Crippen molar-refractivity contribution < 1.29 is 8.78 Å². The SMILES string of the molecule is CNc1c(-c2ccc(F)c(F)c2)n[nH]c1C. The third-order valence-electron chi connectivity index (χ3n) is 2.39. The fraction of sp³-hybridized carbons (Fsp3) is 0.182. The molecule has 0 radical (unpaired) electrons. The van der Waals surface area contributed by atoms with Gasteiger partial charge in [-0.1, -0.05) is 0 Å². The summed E-state index contributed by atoms with van der Waals surface area (Å²) in [5.41, 5.74) is 2.75. The van der Waals surface area contributed by atoms with Gasteiger partial charge in [-0.05, 0) is 25.1 Å². The van der Waals surface area contributed by atoms with Crippen molar-refractivity contribution in [3.05, 3.63) is 35.5 Å². The summed E-state index contributed by atoms with van der Waals surface area (Å²) in [5.74, 6) is -1.73. The lowest BCUT2D eigenvalue weighted by Crippen LogP contribution is -1.92. The smallest absolute Gasteiger partial charge is 0.159 e. The number of nitrogens with zero attached hydrogens (tertiary/aromatic N) is 1. The number of nitrogens with one attached hydrogen (secondary N) is 2. The highest BCUT2D eigenvalue weighted by Crippen LogP contribution is 2.28. The summed E-state index contributed by atoms with van der Waals surface area (Å²) in [7, 11) is 1.75. The molecule has 0 amide bonds. The van der Waals surface area contributed by atoms with Crippen LogP contribution in [0.25, 0.3) is 11.3 Å². The maximum Gasteiger partial charge on any atom is 0.159 e. The van der Waals surface area contributed by atoms with Gasteiger partial charge >= 0.3 is 0 Å². The van der Waals surface area contributed by atoms with Crippen molar-refractivity contribution in [2.75, 3.05) is 12.4 Å². The van der Waals surface area contributed by atoms with Gasteiger partial charge in [-0.3, -0.25) is 5.10 Å². The Hall–Kier alpha value is -1.91. The number of anilines is 1. The molecule has 0 aliphatic heterocycles. The second-order valence-corrected chi connectivity index (χ2v) is 3.45. The first-order chi connectivity index (χ1) is 7.63. The Morgan fingerprint density at radius 3 is 2.62 bits per heavy atom. The molecule has 0 aliphatic carbocycles. The predicted molar refractivity (Wildman–Crippen MR) is 58.2 cm³/mol. The number of rotatable bonds is 2. The van der Waals surface area contributed by atoms with Gasteiger partial charge in [0.2, 0.25) is 0 Å². The Bertz CT molecular complexity index is 520. The quantitative estimate of drug-likeness (QED) is 0.821. The lowest BCUT2D eigenvalue weighted by atomic mass is 10.1. The van der Waals surface area contributed by atoms with Crippen LogP contribution < -0.4 is 5.32 Å². The van der Waals surface area contributed by atoms with Gasteiger partial charge in [0.25, 0.3) is 0 Å². The summed E-state index contributed by atoms with van der Waals surface area (Å²) < 4.78 is 25.9. The molecule has 0 saturated carbocycles. The normalized spacial score (nSPS) is 10.5. The highest BCUT2D eigenvalue weighted by atomic mass is 19.2. The standard InChI is InChI=1S/C11H11F2N3/c1-6-10(14-2)11(16-15-6)7-3-4-8(12)9(13)5-7/h3-5,14H,1-2H3,(H,15,16). The molecule has 3 nitrogen and oxygen atoms in total. The molecule has 1 aromatic heterocycles. The summed E-state index contributed by atoms with van der Waals surface area (Å²) in [6, 6.07) is 3.72. The molecule has 0 atom stereocenters. The van der Waals surface area contributed by atoms with Gasteiger partial charge in [-0.15, -0.1) is 0 Å². The number of hydrogen-bond acceptors (Lipinski definition) is 2. The largest absolute Gasteiger partial charge is 0.385 e. The molecular formula is C11H11F2N3. The van der Waals surface area contributed by atoms with Crippen LogP contribution in [0.2, 0.25) is 0 Å². The van der Waals surface area contributed by atoms with E-state index in [1.54, 1.807) is 7.05 Å². The predicted octanol–water partition coefficient (Wildman–Crippen LogP) is 2.71. The summed E-state index contributed by atoms with van der Waals surface area (Å²) in [6.07, 6.45) is 0. The van der Waals surface area contributed by atoms with E-state index in [2.05, 4.69) is 15.5 Å². The highest BCUT2D eigenvalue weighted by Gasteiger charge is 2.12. The maximum atomic E-state index is 13.1. The van der Waals surface area contributed by atoms with Crippen molar-refractivity contribution in [2.45, 2.75) is 6.92 Å². The van der Waals surface area contributed by atoms with Gasteiger partial charge in [0.1, 0.15) is 5.69 Å². The zero-order chi connectivity index (χ0) is 11.7. The molecule has 5 heteroatoms. The zero-order valence-corrected chi connectivity index (χ0v) is 8.94. The maximum absolute atomic E-state index is 13.1. The van der Waals surface area contributed by atoms with Gasteiger partial charge in [0, 0.05) is 12.6 Å². The van der Waals surface area contributed by atoms with Gasteiger partial charge in [0.05, 0.1) is 11.4 Å². The lowest BCUT2D eigenvalue weighted by Gasteiger charge is -2.03. The number of hydrogen-bond donors (Lipinski definition) is 2. The van der Waals surface area contributed by atoms with E-state index in [0.29, 0.717) is 11.3 Å². The molecular weight excluding hydrogens is 212 g/mol. The molecule has 2 N–H and O–H groups in total. The number of aromatic nitrogens is 2. The number of aryl methyl sites for hydroxylation is 1. The highest BCUT2D eigenvalue weighted by molar-refractivity contribution is 5.75. The van der Waals surface area contributed by atoms with Gasteiger partial charge in [-0.25, -0.2) is 8.78 Å². The Kier molecular flexibility index (Phi) is 2.60. The summed E-state index contributed by atoms with van der Waals surface area (Å²) in [4.78, 5) is 0. The topological polar surface area (TPSA) is 40.7 Å². The van der Waals surface area contributed by atoms with E-state index < -0.39 is 11.6 Å². The Balaban J connectivity index is 2.54. The van der Waals surface area contributed by atoms with Crippen LogP contribution in [-0.4, -0.2) is 17.2 Å². The van der Waals surface area contributed by atoms with Crippen LogP contribution in [-0.2, 0) is 0 Å². The van der Waals surface area contributed by atoms with E-state index >= 15 is 0 Å². The fourth-order valence-electron chi connectivity index (χ4n) is 1.59. The molecule has 0 saturated heterocycles. The van der Waals surface area contributed by atoms with Crippen LogP contribution in [0.1, 0.15) is 5.69 Å². The van der Waals surface area contributed by atoms with E-state index in [9.17, 15) is 8.78 Å². The third kappa shape index (κ3) is 1.64. The summed E-state index contributed by atoms with van der Waals surface area (Å²) in [5, 5.41) is 9.81. The minimum Gasteiger partial charge on any atom is -0.385 e. The minimum atomic E-state index is -0.875. The van der Waals surface area contributed by atoms with Crippen LogP contribution >= 0.6 is 0 Å². The molecule has 1 heterocycles. The van der Waals surface area contributed by atoms with Crippen LogP contribution in [0.15, 0.2) is 18.2 Å². The Morgan fingerprint density at radius 1 is 1.25 bits per heavy atom. The second-order valence-electron chi connectivity index (χ2n) is 3.45. The van der Waals surface area contributed by atoms with Crippen molar-refractivity contribution >= 4 is 5.69 Å². The molecule has 0 aliphatic rings. The van der Waals surface area contributed by atoms with Crippen molar-refractivity contribution in [3.8, 4) is 11.3 Å². The molecule has 84 valence electrons. The zero-order valence-electron chi connectivity index (χ0n) is 8.94. The fourth-order valence-corrected chi connectivity index (χ4v) is 1.59. The number of halogens is 2. The van der Waals surface area contributed by atoms with Gasteiger partial charge < -0.3 is 5.32 Å². The van der Waals surface area contributed by atoms with Crippen molar-refractivity contribution in [1.29, 1.82) is 0 Å². The average molecular weight is 223 g/mol. The number of aromatic amines is 1. The molecule has 0 bridgehead atoms. The monoisotopic (exact) mass is 223 g/mol. The molecule has 2 aromatic rings. The summed E-state index contributed by atoms with van der Waals surface area (Å²) >= 11 is 0. The molecule has 1 aromatic carbocycles. The minimum absolute atomic E-state index is 0.535. The van der Waals surface area contributed by atoms with Crippen molar-refractivity contribution in [2.24, 2.45) is 0 Å². The Labute approximate surface area is 91.5 Å². The van der Waals surface area contributed by atoms with E-state index in [0.717, 1.165) is 23.5 Å². The average Bonchev–Trinajstić information content (AvgIpc) is 2.63. The van der Waals surface area contributed by atoms with Gasteiger partial charge in [-0.2, -0.15) is 5.10 Å². The van der Waals surface area contributed by atoms with E-state index in [1.165, 1.54) is 6.07 Å². The van der Waals surface area contributed by atoms with Crippen molar-refractivity contribution in [3.63, 3.8) is 0 Å². The van der Waals surface area contributed by atoms with Gasteiger partial charge in [0.15, 0.2) is 11.6 Å². The molecule has 0 spiro atoms. The number of benzene rings is 1. The third-order valence-corrected chi connectivity index (χ3v) is 2.39. The van der Waals surface area contributed by atoms with Crippen LogP contribution in [0.5, 0.6) is 0 Å². The lowest BCUT2D eigenvalue weighted by molar-refractivity contribution is 0.509. The van der Waals surface area contributed by atoms with Crippen LogP contribution in [0, 0.1) is 18.6 Å². The second kappa shape index (κ2) is 3.92. The van der Waals surface area contributed by atoms with E-state index in [1.807, 2.05) is 6.92 Å². The molecule has 16 heavy (non-hydrogen) atoms. The Morgan fingerprint density at radius 2 is 2.00 bits per heavy atom. The first kappa shape index (κ1) is 10.6. The number of H-pyrrole nitrogens is 1. The summed E-state index contributed by atoms with van der Waals surface area (Å²) in [6.45, 7) is 1.85. The first-order valence-electron chi connectivity index (χ1n) is 4.81.